The number of aryl methyl sites for hydroxylation is 2. The Kier molecular flexibility index (Phi) is 6.63. The van der Waals surface area contributed by atoms with Gasteiger partial charge in [0.05, 0.1) is 45.3 Å². The van der Waals surface area contributed by atoms with E-state index in [9.17, 15) is 9.59 Å². The van der Waals surface area contributed by atoms with Crippen LogP contribution < -0.4 is 10.6 Å². The molecule has 0 bridgehead atoms. The molecule has 0 atom stereocenters. The van der Waals surface area contributed by atoms with Gasteiger partial charge in [0.1, 0.15) is 4.83 Å². The van der Waals surface area contributed by atoms with Gasteiger partial charge in [0, 0.05) is 49.0 Å². The zero-order valence-electron chi connectivity index (χ0n) is 23.1. The zero-order chi connectivity index (χ0) is 28.0. The zero-order valence-corrected chi connectivity index (χ0v) is 23.9. The highest BCUT2D eigenvalue weighted by Gasteiger charge is 2.31. The van der Waals surface area contributed by atoms with E-state index < -0.39 is 0 Å². The van der Waals surface area contributed by atoms with E-state index >= 15 is 0 Å². The van der Waals surface area contributed by atoms with Gasteiger partial charge in [-0.25, -0.2) is 4.52 Å². The first-order chi connectivity index (χ1) is 19.2. The van der Waals surface area contributed by atoms with Crippen LogP contribution in [-0.4, -0.2) is 66.3 Å². The average Bonchev–Trinajstić information content (AvgIpc) is 3.69. The number of carbonyl (C=O) groups excluding carboxylic acids is 2. The van der Waals surface area contributed by atoms with Crippen molar-refractivity contribution in [3.05, 3.63) is 65.9 Å². The molecule has 4 aromatic heterocycles. The van der Waals surface area contributed by atoms with Crippen molar-refractivity contribution in [1.29, 1.82) is 0 Å². The third-order valence-electron chi connectivity index (χ3n) is 7.84. The number of amides is 2. The fourth-order valence-electron chi connectivity index (χ4n) is 5.42. The first kappa shape index (κ1) is 26.1. The Morgan fingerprint density at radius 1 is 1.12 bits per heavy atom. The number of nitrogens with zero attached hydrogens (tertiary/aromatic N) is 6. The second kappa shape index (κ2) is 10.1. The molecule has 1 aliphatic rings. The number of nitrogens with one attached hydrogen (secondary N) is 2. The van der Waals surface area contributed by atoms with Gasteiger partial charge in [0.15, 0.2) is 0 Å². The maximum atomic E-state index is 13.4. The van der Waals surface area contributed by atoms with E-state index in [2.05, 4.69) is 44.6 Å². The van der Waals surface area contributed by atoms with Crippen molar-refractivity contribution < 1.29 is 9.59 Å². The Morgan fingerprint density at radius 2 is 1.98 bits per heavy atom. The highest BCUT2D eigenvalue weighted by Crippen LogP contribution is 2.35. The molecule has 40 heavy (non-hydrogen) atoms. The number of likely N-dealkylation sites (tertiary alicyclic amines) is 1. The monoisotopic (exact) mass is 556 g/mol. The third-order valence-corrected chi connectivity index (χ3v) is 8.98. The van der Waals surface area contributed by atoms with Crippen molar-refractivity contribution in [2.75, 3.05) is 25.0 Å². The van der Waals surface area contributed by atoms with Gasteiger partial charge in [-0.15, -0.1) is 11.3 Å². The second-order valence-electron chi connectivity index (χ2n) is 10.9. The molecule has 206 valence electrons. The summed E-state index contributed by atoms with van der Waals surface area (Å²) in [5.74, 6) is -0.512. The molecule has 11 heteroatoms. The van der Waals surface area contributed by atoms with Gasteiger partial charge in [-0.2, -0.15) is 10.2 Å². The van der Waals surface area contributed by atoms with Crippen molar-refractivity contribution >= 4 is 44.6 Å². The van der Waals surface area contributed by atoms with E-state index in [4.69, 9.17) is 0 Å². The molecule has 0 spiro atoms. The fourth-order valence-corrected chi connectivity index (χ4v) is 6.51. The smallest absolute Gasteiger partial charge is 0.260 e. The molecule has 2 amide bonds. The molecule has 0 saturated carbocycles. The van der Waals surface area contributed by atoms with E-state index in [1.54, 1.807) is 29.9 Å². The van der Waals surface area contributed by atoms with Crippen LogP contribution in [0.3, 0.4) is 0 Å². The maximum absolute atomic E-state index is 13.4. The number of carbonyl (C=O) groups is 2. The third kappa shape index (κ3) is 4.75. The Morgan fingerprint density at radius 3 is 2.77 bits per heavy atom. The van der Waals surface area contributed by atoms with Crippen LogP contribution in [0.15, 0.2) is 49.1 Å². The van der Waals surface area contributed by atoms with Gasteiger partial charge in [-0.3, -0.25) is 24.2 Å². The minimum atomic E-state index is -0.304. The van der Waals surface area contributed by atoms with E-state index in [0.29, 0.717) is 29.1 Å². The predicted octanol–water partition coefficient (Wildman–Crippen LogP) is 4.51. The molecule has 5 heterocycles. The molecule has 1 saturated heterocycles. The van der Waals surface area contributed by atoms with Crippen LogP contribution in [0.25, 0.3) is 26.2 Å². The molecule has 1 aromatic carbocycles. The predicted molar refractivity (Wildman–Crippen MR) is 157 cm³/mol. The first-order valence-corrected chi connectivity index (χ1v) is 14.2. The number of hydrogen-bond donors (Lipinski definition) is 2. The highest BCUT2D eigenvalue weighted by molar-refractivity contribution is 7.21. The van der Waals surface area contributed by atoms with Crippen LogP contribution in [0.1, 0.15) is 53.1 Å². The summed E-state index contributed by atoms with van der Waals surface area (Å²) in [5, 5.41) is 15.8. The van der Waals surface area contributed by atoms with Gasteiger partial charge in [0.25, 0.3) is 11.8 Å². The summed E-state index contributed by atoms with van der Waals surface area (Å²) in [7, 11) is 1.92. The van der Waals surface area contributed by atoms with Gasteiger partial charge >= 0.3 is 0 Å². The quantitative estimate of drug-likeness (QED) is 0.305. The summed E-state index contributed by atoms with van der Waals surface area (Å²) in [4.78, 5) is 34.7. The molecule has 5 aromatic rings. The summed E-state index contributed by atoms with van der Waals surface area (Å²) < 4.78 is 3.57. The molecule has 0 aliphatic carbocycles. The minimum absolute atomic E-state index is 0.169. The van der Waals surface area contributed by atoms with Crippen LogP contribution in [0.4, 0.5) is 5.69 Å². The highest BCUT2D eigenvalue weighted by atomic mass is 32.1. The Hall–Kier alpha value is -4.09. The summed E-state index contributed by atoms with van der Waals surface area (Å²) in [5.41, 5.74) is 4.23. The number of hydrogen-bond acceptors (Lipinski definition) is 7. The summed E-state index contributed by atoms with van der Waals surface area (Å²) >= 11 is 1.50. The molecular weight excluding hydrogens is 524 g/mol. The molecule has 1 fully saturated rings. The molecule has 6 rings (SSSR count). The van der Waals surface area contributed by atoms with Crippen molar-refractivity contribution in [3.8, 4) is 10.4 Å². The molecular formula is C29H32N8O2S. The molecule has 2 N–H and O–H groups in total. The Labute approximate surface area is 236 Å². The lowest BCUT2D eigenvalue weighted by Gasteiger charge is -2.31. The van der Waals surface area contributed by atoms with Gasteiger partial charge in [0.2, 0.25) is 0 Å². The SMILES string of the molecule is Cc1ncc(C(=O)NCCN2CCCC2(C)C)cc1NC(=O)c1cnn2cc(-c3cccc4c3cnn4C)sc12. The normalized spacial score (nSPS) is 15.2. The van der Waals surface area contributed by atoms with Crippen LogP contribution in [0.2, 0.25) is 0 Å². The maximum Gasteiger partial charge on any atom is 0.260 e. The van der Waals surface area contributed by atoms with Crippen molar-refractivity contribution in [2.24, 2.45) is 7.05 Å². The lowest BCUT2D eigenvalue weighted by atomic mass is 10.0. The Balaban J connectivity index is 1.18. The van der Waals surface area contributed by atoms with Crippen LogP contribution in [0, 0.1) is 6.92 Å². The van der Waals surface area contributed by atoms with E-state index in [-0.39, 0.29) is 17.4 Å². The average molecular weight is 557 g/mol. The van der Waals surface area contributed by atoms with Crippen molar-refractivity contribution in [2.45, 2.75) is 39.2 Å². The number of pyridine rings is 1. The lowest BCUT2D eigenvalue weighted by molar-refractivity contribution is 0.0938. The summed E-state index contributed by atoms with van der Waals surface area (Å²) in [6.07, 6.45) is 9.25. The molecule has 0 unspecified atom stereocenters. The minimum Gasteiger partial charge on any atom is -0.351 e. The number of fused-ring (bicyclic) bond motifs is 2. The van der Waals surface area contributed by atoms with E-state index in [0.717, 1.165) is 39.3 Å². The largest absolute Gasteiger partial charge is 0.351 e. The number of rotatable bonds is 7. The van der Waals surface area contributed by atoms with Gasteiger partial charge < -0.3 is 10.6 Å². The van der Waals surface area contributed by atoms with Crippen LogP contribution in [-0.2, 0) is 7.05 Å². The Bertz CT molecular complexity index is 1750. The molecule has 0 radical (unpaired) electrons. The van der Waals surface area contributed by atoms with E-state index in [1.165, 1.54) is 24.2 Å². The second-order valence-corrected chi connectivity index (χ2v) is 11.9. The van der Waals surface area contributed by atoms with E-state index in [1.807, 2.05) is 42.3 Å². The van der Waals surface area contributed by atoms with Crippen LogP contribution >= 0.6 is 11.3 Å². The number of anilines is 1. The number of aromatic nitrogens is 5. The van der Waals surface area contributed by atoms with Gasteiger partial charge in [-0.1, -0.05) is 12.1 Å². The summed E-state index contributed by atoms with van der Waals surface area (Å²) in [6, 6.07) is 7.76. The van der Waals surface area contributed by atoms with Crippen molar-refractivity contribution in [1.82, 2.24) is 34.6 Å². The fraction of sp³-hybridized carbons (Fsp3) is 0.345. The number of thiazole rings is 1. The topological polar surface area (TPSA) is 109 Å². The standard InChI is InChI=1S/C29H32N8O2S/c1-18-23(13-19(14-31-18)26(38)30-10-12-36-11-6-9-29(36,2)3)34-27(39)22-16-33-37-17-25(40-28(22)37)20-7-5-8-24-21(20)15-32-35(24)4/h5,7-8,13-17H,6,9-12H2,1-4H3,(H,30,38)(H,34,39). The van der Waals surface area contributed by atoms with Crippen LogP contribution in [0.5, 0.6) is 0 Å². The lowest BCUT2D eigenvalue weighted by Crippen LogP contribution is -2.43. The van der Waals surface area contributed by atoms with Gasteiger partial charge in [-0.05, 0) is 52.3 Å². The molecule has 10 nitrogen and oxygen atoms in total. The first-order valence-electron chi connectivity index (χ1n) is 13.4. The summed E-state index contributed by atoms with van der Waals surface area (Å²) in [6.45, 7) is 8.70. The van der Waals surface area contributed by atoms with Crippen molar-refractivity contribution in [3.63, 3.8) is 0 Å². The molecule has 1 aliphatic heterocycles. The number of benzene rings is 1.